The Morgan fingerprint density at radius 3 is 2.33 bits per heavy atom. The third kappa shape index (κ3) is 4.10. The number of hydrogen-bond donors (Lipinski definition) is 0. The van der Waals surface area contributed by atoms with Gasteiger partial charge in [0.25, 0.3) is 0 Å². The molecule has 1 aromatic carbocycles. The molecular formula is C15H19F2N. The van der Waals surface area contributed by atoms with Crippen LogP contribution in [0.1, 0.15) is 50.7 Å². The fourth-order valence-electron chi connectivity index (χ4n) is 2.17. The van der Waals surface area contributed by atoms with Crippen molar-refractivity contribution < 1.29 is 8.78 Å². The highest BCUT2D eigenvalue weighted by atomic mass is 19.1. The Morgan fingerprint density at radius 2 is 1.83 bits per heavy atom. The number of benzene rings is 1. The van der Waals surface area contributed by atoms with Crippen molar-refractivity contribution in [3.8, 4) is 6.07 Å². The van der Waals surface area contributed by atoms with Gasteiger partial charge in [-0.2, -0.15) is 5.26 Å². The van der Waals surface area contributed by atoms with Gasteiger partial charge in [-0.1, -0.05) is 33.1 Å². The maximum absolute atomic E-state index is 13.4. The fraction of sp³-hybridized carbons (Fsp3) is 0.533. The number of hydrogen-bond acceptors (Lipinski definition) is 1. The van der Waals surface area contributed by atoms with Crippen LogP contribution in [0.5, 0.6) is 0 Å². The van der Waals surface area contributed by atoms with E-state index in [0.717, 1.165) is 12.8 Å². The molecule has 0 aliphatic heterocycles. The first-order valence-corrected chi connectivity index (χ1v) is 6.46. The Bertz CT molecular complexity index is 412. The van der Waals surface area contributed by atoms with Crippen LogP contribution in [-0.2, 0) is 6.42 Å². The van der Waals surface area contributed by atoms with Crippen molar-refractivity contribution in [1.29, 1.82) is 5.26 Å². The summed E-state index contributed by atoms with van der Waals surface area (Å²) in [6, 6.07) is 4.07. The molecule has 0 radical (unpaired) electrons. The second kappa shape index (κ2) is 7.10. The lowest BCUT2D eigenvalue weighted by molar-refractivity contribution is 0.469. The molecule has 0 bridgehead atoms. The van der Waals surface area contributed by atoms with Gasteiger partial charge in [0, 0.05) is 0 Å². The Labute approximate surface area is 107 Å². The molecule has 0 amide bonds. The van der Waals surface area contributed by atoms with Gasteiger partial charge in [-0.15, -0.1) is 0 Å². The number of nitriles is 1. The lowest BCUT2D eigenvalue weighted by Gasteiger charge is -2.09. The van der Waals surface area contributed by atoms with E-state index in [1.54, 1.807) is 0 Å². The molecule has 1 aromatic rings. The van der Waals surface area contributed by atoms with Gasteiger partial charge in [0.05, 0.1) is 0 Å². The standard InChI is InChI=1S/C15H19F2N/c1-3-5-11(2)6-4-7-12-8-14(16)13(10-18)15(17)9-12/h8-9,11H,3-7H2,1-2H3. The molecule has 0 fully saturated rings. The molecule has 0 saturated heterocycles. The van der Waals surface area contributed by atoms with Crippen molar-refractivity contribution in [3.05, 3.63) is 34.9 Å². The molecule has 1 rings (SSSR count). The second-order valence-corrected chi connectivity index (χ2v) is 4.83. The first kappa shape index (κ1) is 14.6. The normalized spacial score (nSPS) is 12.2. The first-order chi connectivity index (χ1) is 8.58. The topological polar surface area (TPSA) is 23.8 Å². The van der Waals surface area contributed by atoms with E-state index in [9.17, 15) is 8.78 Å². The number of nitrogens with zero attached hydrogens (tertiary/aromatic N) is 1. The summed E-state index contributed by atoms with van der Waals surface area (Å²) in [6.07, 6.45) is 5.01. The molecule has 0 aromatic heterocycles. The molecule has 0 aliphatic carbocycles. The number of halogens is 2. The second-order valence-electron chi connectivity index (χ2n) is 4.83. The van der Waals surface area contributed by atoms with E-state index < -0.39 is 17.2 Å². The number of rotatable bonds is 6. The summed E-state index contributed by atoms with van der Waals surface area (Å²) in [5.41, 5.74) is 0.144. The molecule has 1 atom stereocenters. The minimum Gasteiger partial charge on any atom is -0.205 e. The first-order valence-electron chi connectivity index (χ1n) is 6.46. The summed E-state index contributed by atoms with van der Waals surface area (Å²) in [4.78, 5) is 0. The van der Waals surface area contributed by atoms with Crippen molar-refractivity contribution in [3.63, 3.8) is 0 Å². The van der Waals surface area contributed by atoms with Gasteiger partial charge in [0.15, 0.2) is 0 Å². The minimum atomic E-state index is -0.755. The van der Waals surface area contributed by atoms with E-state index in [1.807, 2.05) is 0 Å². The van der Waals surface area contributed by atoms with Gasteiger partial charge >= 0.3 is 0 Å². The molecule has 1 unspecified atom stereocenters. The maximum atomic E-state index is 13.4. The highest BCUT2D eigenvalue weighted by Gasteiger charge is 2.10. The van der Waals surface area contributed by atoms with E-state index in [-0.39, 0.29) is 0 Å². The highest BCUT2D eigenvalue weighted by molar-refractivity contribution is 5.35. The molecule has 0 N–H and O–H groups in total. The number of aryl methyl sites for hydroxylation is 1. The van der Waals surface area contributed by atoms with Gasteiger partial charge in [-0.3, -0.25) is 0 Å². The predicted molar refractivity (Wildman–Crippen MR) is 68.1 cm³/mol. The summed E-state index contributed by atoms with van der Waals surface area (Å²) in [6.45, 7) is 4.35. The van der Waals surface area contributed by atoms with Crippen LogP contribution in [0.15, 0.2) is 12.1 Å². The lowest BCUT2D eigenvalue weighted by atomic mass is 9.97. The summed E-state index contributed by atoms with van der Waals surface area (Å²) in [5, 5.41) is 8.57. The summed E-state index contributed by atoms with van der Waals surface area (Å²) in [5.74, 6) is -0.855. The van der Waals surface area contributed by atoms with Gasteiger partial charge in [0.2, 0.25) is 0 Å². The Kier molecular flexibility index (Phi) is 5.77. The van der Waals surface area contributed by atoms with Gasteiger partial charge in [-0.05, 0) is 36.5 Å². The Hall–Kier alpha value is -1.43. The summed E-state index contributed by atoms with van der Waals surface area (Å²) >= 11 is 0. The zero-order valence-electron chi connectivity index (χ0n) is 11.0. The zero-order chi connectivity index (χ0) is 13.5. The van der Waals surface area contributed by atoms with E-state index in [2.05, 4.69) is 13.8 Å². The maximum Gasteiger partial charge on any atom is 0.144 e. The average Bonchev–Trinajstić information content (AvgIpc) is 2.29. The molecule has 98 valence electrons. The van der Waals surface area contributed by atoms with Crippen molar-refractivity contribution in [1.82, 2.24) is 0 Å². The molecule has 3 heteroatoms. The average molecular weight is 251 g/mol. The van der Waals surface area contributed by atoms with Crippen LogP contribution in [0.25, 0.3) is 0 Å². The molecule has 1 nitrogen and oxygen atoms in total. The van der Waals surface area contributed by atoms with Crippen molar-refractivity contribution in [2.24, 2.45) is 5.92 Å². The Morgan fingerprint density at radius 1 is 1.22 bits per heavy atom. The summed E-state index contributed by atoms with van der Waals surface area (Å²) in [7, 11) is 0. The quantitative estimate of drug-likeness (QED) is 0.725. The van der Waals surface area contributed by atoms with Crippen molar-refractivity contribution >= 4 is 0 Å². The van der Waals surface area contributed by atoms with E-state index in [4.69, 9.17) is 5.26 Å². The molecule has 0 heterocycles. The van der Waals surface area contributed by atoms with Crippen LogP contribution in [0, 0.1) is 28.9 Å². The summed E-state index contributed by atoms with van der Waals surface area (Å²) < 4.78 is 26.7. The highest BCUT2D eigenvalue weighted by Crippen LogP contribution is 2.18. The van der Waals surface area contributed by atoms with E-state index >= 15 is 0 Å². The van der Waals surface area contributed by atoms with Crippen LogP contribution in [0.2, 0.25) is 0 Å². The fourth-order valence-corrected chi connectivity index (χ4v) is 2.17. The van der Waals surface area contributed by atoms with Crippen LogP contribution in [0.4, 0.5) is 8.78 Å². The van der Waals surface area contributed by atoms with Crippen LogP contribution in [-0.4, -0.2) is 0 Å². The SMILES string of the molecule is CCCC(C)CCCc1cc(F)c(C#N)c(F)c1. The largest absolute Gasteiger partial charge is 0.205 e. The third-order valence-corrected chi connectivity index (χ3v) is 3.16. The van der Waals surface area contributed by atoms with E-state index in [0.29, 0.717) is 17.9 Å². The molecular weight excluding hydrogens is 232 g/mol. The van der Waals surface area contributed by atoms with Crippen molar-refractivity contribution in [2.45, 2.75) is 46.0 Å². The van der Waals surface area contributed by atoms with Gasteiger partial charge in [-0.25, -0.2) is 8.78 Å². The predicted octanol–water partition coefficient (Wildman–Crippen LogP) is 4.60. The lowest BCUT2D eigenvalue weighted by Crippen LogP contribution is -1.98. The zero-order valence-corrected chi connectivity index (χ0v) is 11.0. The Balaban J connectivity index is 2.57. The monoisotopic (exact) mass is 251 g/mol. The third-order valence-electron chi connectivity index (χ3n) is 3.16. The molecule has 0 aliphatic rings. The van der Waals surface area contributed by atoms with Crippen molar-refractivity contribution in [2.75, 3.05) is 0 Å². The van der Waals surface area contributed by atoms with Crippen LogP contribution >= 0.6 is 0 Å². The minimum absolute atomic E-state index is 0.488. The van der Waals surface area contributed by atoms with E-state index in [1.165, 1.54) is 31.0 Å². The van der Waals surface area contributed by atoms with Gasteiger partial charge in [0.1, 0.15) is 23.3 Å². The van der Waals surface area contributed by atoms with Crippen LogP contribution in [0.3, 0.4) is 0 Å². The molecule has 0 spiro atoms. The molecule has 18 heavy (non-hydrogen) atoms. The van der Waals surface area contributed by atoms with Crippen LogP contribution < -0.4 is 0 Å². The smallest absolute Gasteiger partial charge is 0.144 e. The molecule has 0 saturated carbocycles. The van der Waals surface area contributed by atoms with Gasteiger partial charge < -0.3 is 0 Å².